The smallest absolute Gasteiger partial charge is 0.0459 e. The third-order valence-electron chi connectivity index (χ3n) is 3.10. The molecule has 2 rings (SSSR count). The first-order valence-corrected chi connectivity index (χ1v) is 7.25. The Labute approximate surface area is 112 Å². The molecule has 4 heteroatoms. The van der Waals surface area contributed by atoms with Crippen molar-refractivity contribution >= 4 is 21.4 Å². The molecule has 0 spiro atoms. The van der Waals surface area contributed by atoms with E-state index in [1.807, 2.05) is 0 Å². The topological polar surface area (TPSA) is 58.3 Å². The van der Waals surface area contributed by atoms with Gasteiger partial charge >= 0.3 is 0 Å². The molecule has 3 nitrogen and oxygen atoms in total. The molecule has 1 unspecified atom stereocenters. The number of nitrogens with one attached hydrogen (secondary N) is 1. The minimum Gasteiger partial charge on any atom is -0.396 e. The van der Waals surface area contributed by atoms with Crippen LogP contribution in [-0.2, 0) is 0 Å². The maximum Gasteiger partial charge on any atom is 0.0459 e. The molecule has 98 valence electrons. The first-order valence-electron chi connectivity index (χ1n) is 6.37. The maximum absolute atomic E-state index is 8.76. The summed E-state index contributed by atoms with van der Waals surface area (Å²) >= 11 is 1.77. The van der Waals surface area contributed by atoms with Gasteiger partial charge in [0.15, 0.2) is 0 Å². The number of benzene rings is 1. The van der Waals surface area contributed by atoms with Crippen LogP contribution in [0, 0.1) is 0 Å². The van der Waals surface area contributed by atoms with Gasteiger partial charge < -0.3 is 16.2 Å². The van der Waals surface area contributed by atoms with Crippen molar-refractivity contribution in [2.75, 3.05) is 19.7 Å². The summed E-state index contributed by atoms with van der Waals surface area (Å²) in [6, 6.07) is 8.63. The van der Waals surface area contributed by atoms with E-state index >= 15 is 0 Å². The third kappa shape index (κ3) is 3.09. The molecule has 4 N–H and O–H groups in total. The Hall–Kier alpha value is -0.940. The zero-order valence-electron chi connectivity index (χ0n) is 10.4. The van der Waals surface area contributed by atoms with Gasteiger partial charge in [0, 0.05) is 23.9 Å². The fourth-order valence-corrected chi connectivity index (χ4v) is 3.12. The van der Waals surface area contributed by atoms with E-state index in [-0.39, 0.29) is 12.6 Å². The van der Waals surface area contributed by atoms with Gasteiger partial charge in [-0.2, -0.15) is 0 Å². The van der Waals surface area contributed by atoms with Crippen LogP contribution in [-0.4, -0.2) is 24.8 Å². The number of rotatable bonds is 7. The van der Waals surface area contributed by atoms with Crippen molar-refractivity contribution in [3.63, 3.8) is 0 Å². The Morgan fingerprint density at radius 3 is 2.89 bits per heavy atom. The van der Waals surface area contributed by atoms with Crippen LogP contribution >= 0.6 is 11.3 Å². The molecule has 0 aliphatic carbocycles. The highest BCUT2D eigenvalue weighted by atomic mass is 32.1. The average molecular weight is 264 g/mol. The van der Waals surface area contributed by atoms with E-state index in [2.05, 4.69) is 35.0 Å². The van der Waals surface area contributed by atoms with E-state index in [0.717, 1.165) is 19.4 Å². The van der Waals surface area contributed by atoms with E-state index in [0.29, 0.717) is 6.54 Å². The van der Waals surface area contributed by atoms with Crippen LogP contribution in [0.4, 0.5) is 0 Å². The second-order valence-electron chi connectivity index (χ2n) is 4.36. The quantitative estimate of drug-likeness (QED) is 0.672. The predicted octanol–water partition coefficient (Wildman–Crippen LogP) is 2.26. The lowest BCUT2D eigenvalue weighted by molar-refractivity contribution is 0.282. The van der Waals surface area contributed by atoms with E-state index in [9.17, 15) is 0 Å². The lowest BCUT2D eigenvalue weighted by Gasteiger charge is -2.16. The van der Waals surface area contributed by atoms with Crippen molar-refractivity contribution in [2.24, 2.45) is 5.73 Å². The molecule has 1 atom stereocenters. The summed E-state index contributed by atoms with van der Waals surface area (Å²) < 4.78 is 1.31. The molecule has 0 saturated carbocycles. The Morgan fingerprint density at radius 1 is 1.28 bits per heavy atom. The van der Waals surface area contributed by atoms with Gasteiger partial charge in [0.1, 0.15) is 0 Å². The standard InChI is InChI=1S/C14H20N2OS/c15-9-13(16-7-3-4-8-17)12-10-18-14-6-2-1-5-11(12)14/h1-2,5-6,10,13,16-17H,3-4,7-9,15H2. The Bertz CT molecular complexity index is 483. The number of hydrogen-bond acceptors (Lipinski definition) is 4. The Balaban J connectivity index is 2.07. The average Bonchev–Trinajstić information content (AvgIpc) is 2.83. The molecule has 0 aliphatic rings. The fourth-order valence-electron chi connectivity index (χ4n) is 2.10. The summed E-state index contributed by atoms with van der Waals surface area (Å²) in [5, 5.41) is 15.7. The van der Waals surface area contributed by atoms with Crippen LogP contribution in [0.5, 0.6) is 0 Å². The summed E-state index contributed by atoms with van der Waals surface area (Å²) in [6.45, 7) is 1.75. The van der Waals surface area contributed by atoms with E-state index < -0.39 is 0 Å². The second kappa shape index (κ2) is 6.85. The summed E-state index contributed by atoms with van der Waals surface area (Å²) in [5.41, 5.74) is 7.16. The van der Waals surface area contributed by atoms with Crippen molar-refractivity contribution in [2.45, 2.75) is 18.9 Å². The third-order valence-corrected chi connectivity index (χ3v) is 4.08. The van der Waals surface area contributed by atoms with Crippen molar-refractivity contribution in [3.05, 3.63) is 35.2 Å². The molecule has 0 amide bonds. The zero-order chi connectivity index (χ0) is 12.8. The summed E-state index contributed by atoms with van der Waals surface area (Å²) in [7, 11) is 0. The van der Waals surface area contributed by atoms with Crippen molar-refractivity contribution in [3.8, 4) is 0 Å². The van der Waals surface area contributed by atoms with Crippen LogP contribution in [0.25, 0.3) is 10.1 Å². The monoisotopic (exact) mass is 264 g/mol. The van der Waals surface area contributed by atoms with Gasteiger partial charge in [-0.1, -0.05) is 18.2 Å². The number of hydrogen-bond donors (Lipinski definition) is 3. The molecule has 0 aliphatic heterocycles. The molecular formula is C14H20N2OS. The molecule has 0 radical (unpaired) electrons. The van der Waals surface area contributed by atoms with Gasteiger partial charge in [0.2, 0.25) is 0 Å². The largest absolute Gasteiger partial charge is 0.396 e. The molecule has 1 heterocycles. The van der Waals surface area contributed by atoms with Crippen LogP contribution in [0.2, 0.25) is 0 Å². The Kier molecular flexibility index (Phi) is 5.13. The van der Waals surface area contributed by atoms with Crippen molar-refractivity contribution in [1.82, 2.24) is 5.32 Å². The van der Waals surface area contributed by atoms with Gasteiger partial charge in [-0.05, 0) is 41.8 Å². The minimum atomic E-state index is 0.208. The molecule has 1 aromatic carbocycles. The van der Waals surface area contributed by atoms with Gasteiger partial charge in [0.05, 0.1) is 0 Å². The van der Waals surface area contributed by atoms with Crippen LogP contribution in [0.15, 0.2) is 29.6 Å². The fraction of sp³-hybridized carbons (Fsp3) is 0.429. The molecule has 0 fully saturated rings. The van der Waals surface area contributed by atoms with E-state index in [1.54, 1.807) is 11.3 Å². The molecule has 1 aromatic heterocycles. The lowest BCUT2D eigenvalue weighted by atomic mass is 10.1. The molecular weight excluding hydrogens is 244 g/mol. The van der Waals surface area contributed by atoms with Crippen molar-refractivity contribution < 1.29 is 5.11 Å². The van der Waals surface area contributed by atoms with Crippen molar-refractivity contribution in [1.29, 1.82) is 0 Å². The predicted molar refractivity (Wildman–Crippen MR) is 77.9 cm³/mol. The van der Waals surface area contributed by atoms with Crippen LogP contribution in [0.3, 0.4) is 0 Å². The molecule has 0 bridgehead atoms. The normalized spacial score (nSPS) is 13.0. The van der Waals surface area contributed by atoms with Gasteiger partial charge in [-0.3, -0.25) is 0 Å². The molecule has 2 aromatic rings. The minimum absolute atomic E-state index is 0.208. The summed E-state index contributed by atoms with van der Waals surface area (Å²) in [6.07, 6.45) is 1.82. The zero-order valence-corrected chi connectivity index (χ0v) is 11.2. The van der Waals surface area contributed by atoms with Gasteiger partial charge in [-0.25, -0.2) is 0 Å². The van der Waals surface area contributed by atoms with Gasteiger partial charge in [-0.15, -0.1) is 11.3 Å². The van der Waals surface area contributed by atoms with Crippen LogP contribution in [0.1, 0.15) is 24.4 Å². The second-order valence-corrected chi connectivity index (χ2v) is 5.27. The number of aliphatic hydroxyl groups excluding tert-OH is 1. The SMILES string of the molecule is NCC(NCCCCO)c1csc2ccccc12. The van der Waals surface area contributed by atoms with E-state index in [4.69, 9.17) is 10.8 Å². The van der Waals surface area contributed by atoms with Crippen LogP contribution < -0.4 is 11.1 Å². The lowest BCUT2D eigenvalue weighted by Crippen LogP contribution is -2.28. The summed E-state index contributed by atoms with van der Waals surface area (Å²) in [4.78, 5) is 0. The number of unbranched alkanes of at least 4 members (excludes halogenated alkanes) is 1. The highest BCUT2D eigenvalue weighted by molar-refractivity contribution is 7.17. The number of aliphatic hydroxyl groups is 1. The number of thiophene rings is 1. The molecule has 18 heavy (non-hydrogen) atoms. The molecule has 0 saturated heterocycles. The highest BCUT2D eigenvalue weighted by Crippen LogP contribution is 2.29. The van der Waals surface area contributed by atoms with E-state index in [1.165, 1.54) is 15.6 Å². The maximum atomic E-state index is 8.76. The Morgan fingerprint density at radius 2 is 2.11 bits per heavy atom. The first-order chi connectivity index (χ1) is 8.86. The highest BCUT2D eigenvalue weighted by Gasteiger charge is 2.13. The van der Waals surface area contributed by atoms with Gasteiger partial charge in [0.25, 0.3) is 0 Å². The number of fused-ring (bicyclic) bond motifs is 1. The summed E-state index contributed by atoms with van der Waals surface area (Å²) in [5.74, 6) is 0. The number of nitrogens with two attached hydrogens (primary N) is 1. The first kappa shape index (κ1) is 13.5.